The van der Waals surface area contributed by atoms with Crippen LogP contribution in [0, 0.1) is 0 Å². The van der Waals surface area contributed by atoms with Crippen LogP contribution >= 0.6 is 0 Å². The Morgan fingerprint density at radius 2 is 1.68 bits per heavy atom. The molecule has 3 aromatic rings. The minimum Gasteiger partial charge on any atom is -0.322 e. The molecule has 1 saturated heterocycles. The van der Waals surface area contributed by atoms with Crippen LogP contribution in [0.3, 0.4) is 0 Å². The van der Waals surface area contributed by atoms with E-state index in [0.29, 0.717) is 18.5 Å². The van der Waals surface area contributed by atoms with E-state index in [1.54, 1.807) is 23.4 Å². The highest BCUT2D eigenvalue weighted by molar-refractivity contribution is 6.05. The average Bonchev–Trinajstić information content (AvgIpc) is 3.03. The Kier molecular flexibility index (Phi) is 3.68. The highest BCUT2D eigenvalue weighted by Gasteiger charge is 2.39. The summed E-state index contributed by atoms with van der Waals surface area (Å²) in [5, 5.41) is 2.32. The first-order valence-electron chi connectivity index (χ1n) is 9.09. The van der Waals surface area contributed by atoms with Gasteiger partial charge in [-0.2, -0.15) is 0 Å². The summed E-state index contributed by atoms with van der Waals surface area (Å²) in [6, 6.07) is 11.0. The van der Waals surface area contributed by atoms with Crippen LogP contribution in [0.2, 0.25) is 0 Å². The van der Waals surface area contributed by atoms with Crippen molar-refractivity contribution in [2.75, 3.05) is 0 Å². The number of nitrogens with one attached hydrogen (secondary N) is 1. The van der Waals surface area contributed by atoms with E-state index in [0.717, 1.165) is 27.7 Å². The SMILES string of the molecule is O=C1CCC(N2Cc3cc(-c4ccc5nccnc5c4)ccc3C2=O)C(=O)N1. The summed E-state index contributed by atoms with van der Waals surface area (Å²) in [5.41, 5.74) is 5.08. The molecule has 5 rings (SSSR count). The van der Waals surface area contributed by atoms with Gasteiger partial charge in [-0.05, 0) is 47.4 Å². The Morgan fingerprint density at radius 1 is 0.929 bits per heavy atom. The van der Waals surface area contributed by atoms with Crippen molar-refractivity contribution in [3.05, 3.63) is 59.9 Å². The molecule has 2 aliphatic rings. The summed E-state index contributed by atoms with van der Waals surface area (Å²) in [4.78, 5) is 46.5. The third-order valence-electron chi connectivity index (χ3n) is 5.33. The molecule has 1 unspecified atom stereocenters. The molecule has 3 amide bonds. The smallest absolute Gasteiger partial charge is 0.255 e. The molecule has 7 nitrogen and oxygen atoms in total. The Labute approximate surface area is 160 Å². The number of nitrogens with zero attached hydrogens (tertiary/aromatic N) is 3. The van der Waals surface area contributed by atoms with E-state index < -0.39 is 11.9 Å². The number of hydrogen-bond acceptors (Lipinski definition) is 5. The zero-order valence-electron chi connectivity index (χ0n) is 14.9. The molecule has 0 saturated carbocycles. The lowest BCUT2D eigenvalue weighted by Crippen LogP contribution is -2.52. The second-order valence-electron chi connectivity index (χ2n) is 7.03. The van der Waals surface area contributed by atoms with Gasteiger partial charge in [0.15, 0.2) is 0 Å². The van der Waals surface area contributed by atoms with Crippen LogP contribution in [0.5, 0.6) is 0 Å². The maximum Gasteiger partial charge on any atom is 0.255 e. The van der Waals surface area contributed by atoms with Gasteiger partial charge in [0.2, 0.25) is 11.8 Å². The van der Waals surface area contributed by atoms with Gasteiger partial charge in [-0.15, -0.1) is 0 Å². The maximum atomic E-state index is 12.8. The number of carbonyl (C=O) groups is 3. The maximum absolute atomic E-state index is 12.8. The monoisotopic (exact) mass is 372 g/mol. The van der Waals surface area contributed by atoms with E-state index in [-0.39, 0.29) is 18.2 Å². The van der Waals surface area contributed by atoms with E-state index >= 15 is 0 Å². The zero-order chi connectivity index (χ0) is 19.3. The van der Waals surface area contributed by atoms with Crippen LogP contribution < -0.4 is 5.32 Å². The third-order valence-corrected chi connectivity index (χ3v) is 5.33. The van der Waals surface area contributed by atoms with Crippen molar-refractivity contribution in [3.8, 4) is 11.1 Å². The number of amides is 3. The van der Waals surface area contributed by atoms with Crippen molar-refractivity contribution in [2.24, 2.45) is 0 Å². The quantitative estimate of drug-likeness (QED) is 0.695. The molecular weight excluding hydrogens is 356 g/mol. The standard InChI is InChI=1S/C21H16N4O3/c26-19-6-5-18(20(27)24-19)25-11-14-9-12(1-3-15(14)21(25)28)13-2-4-16-17(10-13)23-8-7-22-16/h1-4,7-10,18H,5-6,11H2,(H,24,26,27). The molecule has 0 aliphatic carbocycles. The Morgan fingerprint density at radius 3 is 2.50 bits per heavy atom. The van der Waals surface area contributed by atoms with Gasteiger partial charge in [-0.3, -0.25) is 29.7 Å². The number of carbonyl (C=O) groups excluding carboxylic acids is 3. The molecule has 138 valence electrons. The van der Waals surface area contributed by atoms with Crippen LogP contribution in [-0.4, -0.2) is 38.6 Å². The number of imide groups is 1. The minimum absolute atomic E-state index is 0.166. The van der Waals surface area contributed by atoms with Crippen molar-refractivity contribution in [3.63, 3.8) is 0 Å². The van der Waals surface area contributed by atoms with E-state index in [4.69, 9.17) is 0 Å². The van der Waals surface area contributed by atoms with Gasteiger partial charge in [0, 0.05) is 30.9 Å². The molecule has 3 heterocycles. The van der Waals surface area contributed by atoms with Crippen molar-refractivity contribution in [1.82, 2.24) is 20.2 Å². The van der Waals surface area contributed by atoms with Crippen molar-refractivity contribution >= 4 is 28.8 Å². The van der Waals surface area contributed by atoms with E-state index in [2.05, 4.69) is 15.3 Å². The highest BCUT2D eigenvalue weighted by atomic mass is 16.2. The first kappa shape index (κ1) is 16.6. The van der Waals surface area contributed by atoms with Crippen LogP contribution in [-0.2, 0) is 16.1 Å². The second-order valence-corrected chi connectivity index (χ2v) is 7.03. The first-order valence-corrected chi connectivity index (χ1v) is 9.09. The van der Waals surface area contributed by atoms with Crippen LogP contribution in [0.15, 0.2) is 48.8 Å². The summed E-state index contributed by atoms with van der Waals surface area (Å²) in [6.07, 6.45) is 3.93. The first-order chi connectivity index (χ1) is 13.6. The molecule has 1 fully saturated rings. The highest BCUT2D eigenvalue weighted by Crippen LogP contribution is 2.31. The fourth-order valence-electron chi connectivity index (χ4n) is 3.90. The fraction of sp³-hybridized carbons (Fsp3) is 0.190. The summed E-state index contributed by atoms with van der Waals surface area (Å²) >= 11 is 0. The lowest BCUT2D eigenvalue weighted by atomic mass is 10.00. The Balaban J connectivity index is 1.47. The average molecular weight is 372 g/mol. The van der Waals surface area contributed by atoms with E-state index in [1.807, 2.05) is 30.3 Å². The van der Waals surface area contributed by atoms with Crippen LogP contribution in [0.25, 0.3) is 22.2 Å². The molecule has 1 atom stereocenters. The lowest BCUT2D eigenvalue weighted by Gasteiger charge is -2.29. The van der Waals surface area contributed by atoms with Gasteiger partial charge in [0.1, 0.15) is 6.04 Å². The molecular formula is C21H16N4O3. The molecule has 2 aliphatic heterocycles. The van der Waals surface area contributed by atoms with Gasteiger partial charge in [-0.25, -0.2) is 0 Å². The number of fused-ring (bicyclic) bond motifs is 2. The largest absolute Gasteiger partial charge is 0.322 e. The van der Waals surface area contributed by atoms with Crippen molar-refractivity contribution < 1.29 is 14.4 Å². The summed E-state index contributed by atoms with van der Waals surface area (Å²) in [6.45, 7) is 0.363. The normalized spacial score (nSPS) is 19.1. The van der Waals surface area contributed by atoms with E-state index in [9.17, 15) is 14.4 Å². The number of hydrogen-bond donors (Lipinski definition) is 1. The Bertz CT molecular complexity index is 1160. The van der Waals surface area contributed by atoms with Crippen molar-refractivity contribution in [1.29, 1.82) is 0 Å². The van der Waals surface area contributed by atoms with Gasteiger partial charge in [0.25, 0.3) is 5.91 Å². The molecule has 7 heteroatoms. The number of benzene rings is 2. The molecule has 0 spiro atoms. The van der Waals surface area contributed by atoms with Gasteiger partial charge in [0.05, 0.1) is 11.0 Å². The molecule has 28 heavy (non-hydrogen) atoms. The van der Waals surface area contributed by atoms with Crippen LogP contribution in [0.1, 0.15) is 28.8 Å². The zero-order valence-corrected chi connectivity index (χ0v) is 14.9. The van der Waals surface area contributed by atoms with E-state index in [1.165, 1.54) is 0 Å². The van der Waals surface area contributed by atoms with Gasteiger partial charge < -0.3 is 4.90 Å². The lowest BCUT2D eigenvalue weighted by molar-refractivity contribution is -0.136. The van der Waals surface area contributed by atoms with Gasteiger partial charge in [-0.1, -0.05) is 12.1 Å². The Hall–Kier alpha value is -3.61. The second kappa shape index (κ2) is 6.23. The third kappa shape index (κ3) is 2.63. The van der Waals surface area contributed by atoms with Crippen LogP contribution in [0.4, 0.5) is 0 Å². The molecule has 0 radical (unpaired) electrons. The molecule has 2 aromatic carbocycles. The topological polar surface area (TPSA) is 92.3 Å². The van der Waals surface area contributed by atoms with Gasteiger partial charge >= 0.3 is 0 Å². The summed E-state index contributed by atoms with van der Waals surface area (Å²) < 4.78 is 0. The molecule has 1 N–H and O–H groups in total. The molecule has 0 bridgehead atoms. The number of rotatable bonds is 2. The van der Waals surface area contributed by atoms with Crippen molar-refractivity contribution in [2.45, 2.75) is 25.4 Å². The summed E-state index contributed by atoms with van der Waals surface area (Å²) in [5.74, 6) is -0.849. The fourth-order valence-corrected chi connectivity index (χ4v) is 3.90. The number of piperidine rings is 1. The molecule has 1 aromatic heterocycles. The summed E-state index contributed by atoms with van der Waals surface area (Å²) in [7, 11) is 0. The predicted molar refractivity (Wildman–Crippen MR) is 101 cm³/mol. The predicted octanol–water partition coefficient (Wildman–Crippen LogP) is 2.06. The minimum atomic E-state index is -0.600. The number of aromatic nitrogens is 2.